The number of oxazole rings is 1. The van der Waals surface area contributed by atoms with Crippen LogP contribution in [0.2, 0.25) is 0 Å². The number of hydrogen-bond donors (Lipinski definition) is 0. The Morgan fingerprint density at radius 3 is 2.77 bits per heavy atom. The van der Waals surface area contributed by atoms with Crippen LogP contribution in [0, 0.1) is 0 Å². The highest BCUT2D eigenvalue weighted by molar-refractivity contribution is 5.72. The number of halogens is 2. The molecule has 1 aromatic rings. The Labute approximate surface area is 72.5 Å². The molecule has 0 atom stereocenters. The molecule has 0 unspecified atom stereocenters. The Morgan fingerprint density at radius 2 is 2.38 bits per heavy atom. The molecule has 0 aliphatic rings. The number of methoxy groups -OCH3 is 1. The highest BCUT2D eigenvalue weighted by Gasteiger charge is 2.20. The zero-order valence-corrected chi connectivity index (χ0v) is 6.79. The maximum Gasteiger partial charge on any atom is 0.284 e. The van der Waals surface area contributed by atoms with Crippen molar-refractivity contribution in [1.82, 2.24) is 4.98 Å². The molecule has 0 saturated carbocycles. The number of nitrogens with zero attached hydrogens (tertiary/aromatic N) is 1. The average molecular weight is 191 g/mol. The van der Waals surface area contributed by atoms with Gasteiger partial charge in [0.05, 0.1) is 0 Å². The van der Waals surface area contributed by atoms with Crippen LogP contribution >= 0.6 is 0 Å². The molecule has 0 radical (unpaired) electrons. The van der Waals surface area contributed by atoms with Crippen molar-refractivity contribution >= 4 is 6.29 Å². The molecule has 1 rings (SSSR count). The molecule has 0 amide bonds. The highest BCUT2D eigenvalue weighted by Crippen LogP contribution is 2.21. The third-order valence-corrected chi connectivity index (χ3v) is 1.31. The van der Waals surface area contributed by atoms with E-state index in [1.807, 2.05) is 0 Å². The molecule has 6 heteroatoms. The van der Waals surface area contributed by atoms with Crippen molar-refractivity contribution in [2.24, 2.45) is 0 Å². The van der Waals surface area contributed by atoms with Gasteiger partial charge in [0.2, 0.25) is 5.89 Å². The van der Waals surface area contributed by atoms with Crippen molar-refractivity contribution in [3.05, 3.63) is 17.3 Å². The summed E-state index contributed by atoms with van der Waals surface area (Å²) in [5.74, 6) is -0.470. The lowest BCUT2D eigenvalue weighted by molar-refractivity contribution is 0.107. The average Bonchev–Trinajstić information content (AvgIpc) is 2.48. The molecule has 0 aromatic carbocycles. The maximum absolute atomic E-state index is 12.1. The Bertz CT molecular complexity index is 298. The van der Waals surface area contributed by atoms with E-state index in [0.717, 1.165) is 0 Å². The van der Waals surface area contributed by atoms with Gasteiger partial charge in [-0.1, -0.05) is 0 Å². The minimum atomic E-state index is -2.81. The summed E-state index contributed by atoms with van der Waals surface area (Å²) in [5.41, 5.74) is -0.637. The molecule has 0 saturated heterocycles. The smallest absolute Gasteiger partial charge is 0.284 e. The number of aromatic nitrogens is 1. The van der Waals surface area contributed by atoms with E-state index in [9.17, 15) is 13.6 Å². The number of alkyl halides is 2. The van der Waals surface area contributed by atoms with Crippen molar-refractivity contribution in [3.8, 4) is 0 Å². The van der Waals surface area contributed by atoms with E-state index in [1.54, 1.807) is 0 Å². The highest BCUT2D eigenvalue weighted by atomic mass is 19.3. The van der Waals surface area contributed by atoms with Crippen LogP contribution in [0.4, 0.5) is 8.78 Å². The van der Waals surface area contributed by atoms with E-state index < -0.39 is 17.9 Å². The van der Waals surface area contributed by atoms with Gasteiger partial charge in [0.1, 0.15) is 6.61 Å². The van der Waals surface area contributed by atoms with Crippen molar-refractivity contribution in [2.75, 3.05) is 7.11 Å². The third-order valence-electron chi connectivity index (χ3n) is 1.31. The largest absolute Gasteiger partial charge is 0.435 e. The topological polar surface area (TPSA) is 52.3 Å². The van der Waals surface area contributed by atoms with Crippen molar-refractivity contribution in [3.63, 3.8) is 0 Å². The molecule has 4 nitrogen and oxygen atoms in total. The van der Waals surface area contributed by atoms with Crippen LogP contribution in [0.25, 0.3) is 0 Å². The molecular weight excluding hydrogens is 184 g/mol. The van der Waals surface area contributed by atoms with Gasteiger partial charge in [0.25, 0.3) is 6.43 Å². The molecule has 0 N–H and O–H groups in total. The quantitative estimate of drug-likeness (QED) is 0.678. The monoisotopic (exact) mass is 191 g/mol. The number of ether oxygens (including phenoxy) is 1. The summed E-state index contributed by atoms with van der Waals surface area (Å²) < 4.78 is 33.6. The fraction of sp³-hybridized carbons (Fsp3) is 0.429. The summed E-state index contributed by atoms with van der Waals surface area (Å²) in [7, 11) is 1.37. The second-order valence-electron chi connectivity index (χ2n) is 2.21. The van der Waals surface area contributed by atoms with Crippen molar-refractivity contribution in [1.29, 1.82) is 0 Å². The molecule has 1 aromatic heterocycles. The minimum Gasteiger partial charge on any atom is -0.435 e. The number of hydrogen-bond acceptors (Lipinski definition) is 4. The lowest BCUT2D eigenvalue weighted by atomic mass is 10.4. The van der Waals surface area contributed by atoms with E-state index in [1.165, 1.54) is 7.11 Å². The minimum absolute atomic E-state index is 0.0279. The predicted octanol–water partition coefficient (Wildman–Crippen LogP) is 1.57. The third kappa shape index (κ3) is 2.09. The van der Waals surface area contributed by atoms with E-state index in [4.69, 9.17) is 0 Å². The fourth-order valence-electron chi connectivity index (χ4n) is 0.817. The van der Waals surface area contributed by atoms with Crippen LogP contribution in [0.15, 0.2) is 4.42 Å². The first-order valence-electron chi connectivity index (χ1n) is 3.41. The van der Waals surface area contributed by atoms with Crippen LogP contribution in [0.3, 0.4) is 0 Å². The molecule has 0 aliphatic carbocycles. The van der Waals surface area contributed by atoms with Crippen molar-refractivity contribution in [2.45, 2.75) is 13.0 Å². The van der Waals surface area contributed by atoms with Crippen LogP contribution in [0.1, 0.15) is 28.6 Å². The van der Waals surface area contributed by atoms with Crippen molar-refractivity contribution < 1.29 is 22.7 Å². The Hall–Kier alpha value is -1.30. The molecule has 0 bridgehead atoms. The maximum atomic E-state index is 12.1. The molecule has 72 valence electrons. The summed E-state index contributed by atoms with van der Waals surface area (Å²) in [5, 5.41) is 0. The van der Waals surface area contributed by atoms with Crippen LogP contribution in [-0.4, -0.2) is 18.4 Å². The first kappa shape index (κ1) is 9.79. The molecule has 0 aliphatic heterocycles. The van der Waals surface area contributed by atoms with Gasteiger partial charge in [0, 0.05) is 7.11 Å². The molecule has 13 heavy (non-hydrogen) atoms. The predicted molar refractivity (Wildman–Crippen MR) is 37.6 cm³/mol. The zero-order chi connectivity index (χ0) is 9.84. The number of aldehydes is 1. The van der Waals surface area contributed by atoms with Crippen LogP contribution in [-0.2, 0) is 11.3 Å². The lowest BCUT2D eigenvalue weighted by Crippen LogP contribution is -1.91. The number of carbonyl (C=O) groups excluding carboxylic acids is 1. The first-order chi connectivity index (χ1) is 6.19. The van der Waals surface area contributed by atoms with Crippen LogP contribution in [0.5, 0.6) is 0 Å². The second kappa shape index (κ2) is 4.08. The molecular formula is C7H7F2NO3. The van der Waals surface area contributed by atoms with E-state index in [2.05, 4.69) is 14.1 Å². The van der Waals surface area contributed by atoms with Gasteiger partial charge in [0.15, 0.2) is 17.7 Å². The Balaban J connectivity index is 2.97. The van der Waals surface area contributed by atoms with E-state index in [0.29, 0.717) is 0 Å². The molecule has 1 heterocycles. The summed E-state index contributed by atoms with van der Waals surface area (Å²) in [4.78, 5) is 13.6. The molecule has 0 fully saturated rings. The standard InChI is InChI=1S/C7H7F2NO3/c1-12-3-5-10-6(7(8)9)4(2-11)13-5/h2,7H,3H2,1H3. The Kier molecular flexibility index (Phi) is 3.07. The summed E-state index contributed by atoms with van der Waals surface area (Å²) in [6.07, 6.45) is -2.61. The summed E-state index contributed by atoms with van der Waals surface area (Å²) >= 11 is 0. The number of rotatable bonds is 4. The van der Waals surface area contributed by atoms with E-state index >= 15 is 0 Å². The van der Waals surface area contributed by atoms with Gasteiger partial charge < -0.3 is 9.15 Å². The van der Waals surface area contributed by atoms with Gasteiger partial charge >= 0.3 is 0 Å². The Morgan fingerprint density at radius 1 is 1.69 bits per heavy atom. The zero-order valence-electron chi connectivity index (χ0n) is 6.79. The van der Waals surface area contributed by atoms with Gasteiger partial charge in [-0.3, -0.25) is 4.79 Å². The molecule has 0 spiro atoms. The van der Waals surface area contributed by atoms with Crippen LogP contribution < -0.4 is 0 Å². The van der Waals surface area contributed by atoms with Gasteiger partial charge in [-0.25, -0.2) is 13.8 Å². The summed E-state index contributed by atoms with van der Waals surface area (Å²) in [6.45, 7) is -0.0342. The SMILES string of the molecule is COCc1nc(C(F)F)c(C=O)o1. The second-order valence-corrected chi connectivity index (χ2v) is 2.21. The van der Waals surface area contributed by atoms with Gasteiger partial charge in [-0.05, 0) is 0 Å². The first-order valence-corrected chi connectivity index (χ1v) is 3.41. The number of carbonyl (C=O) groups is 1. The normalized spacial score (nSPS) is 10.8. The van der Waals surface area contributed by atoms with E-state index in [-0.39, 0.29) is 18.8 Å². The van der Waals surface area contributed by atoms with Gasteiger partial charge in [-0.2, -0.15) is 0 Å². The van der Waals surface area contributed by atoms with Gasteiger partial charge in [-0.15, -0.1) is 0 Å². The lowest BCUT2D eigenvalue weighted by Gasteiger charge is -1.89. The fourth-order valence-corrected chi connectivity index (χ4v) is 0.817. The summed E-state index contributed by atoms with van der Waals surface area (Å²) in [6, 6.07) is 0.